The SMILES string of the molecule is Cc1cccc(C)c1N(CC(=O)N(Cc1ccc(Br)cc1)[C@H](C)C(=O)NC1CCCCC1)S(C)(=O)=O. The number of anilines is 1. The highest BCUT2D eigenvalue weighted by molar-refractivity contribution is 9.10. The van der Waals surface area contributed by atoms with Crippen LogP contribution in [0.1, 0.15) is 55.7 Å². The fraction of sp³-hybridized carbons (Fsp3) is 0.481. The summed E-state index contributed by atoms with van der Waals surface area (Å²) in [6.45, 7) is 5.16. The van der Waals surface area contributed by atoms with Gasteiger partial charge < -0.3 is 10.2 Å². The summed E-state index contributed by atoms with van der Waals surface area (Å²) in [6.07, 6.45) is 6.32. The van der Waals surface area contributed by atoms with Crippen LogP contribution in [0.15, 0.2) is 46.9 Å². The van der Waals surface area contributed by atoms with Crippen molar-refractivity contribution in [2.45, 2.75) is 71.5 Å². The number of aryl methyl sites for hydroxylation is 2. The number of halogens is 1. The molecule has 3 rings (SSSR count). The van der Waals surface area contributed by atoms with E-state index in [4.69, 9.17) is 0 Å². The predicted octanol–water partition coefficient (Wildman–Crippen LogP) is 4.70. The van der Waals surface area contributed by atoms with Gasteiger partial charge >= 0.3 is 0 Å². The highest BCUT2D eigenvalue weighted by Crippen LogP contribution is 2.27. The Morgan fingerprint density at radius 2 is 1.61 bits per heavy atom. The molecule has 0 heterocycles. The van der Waals surface area contributed by atoms with Gasteiger partial charge in [-0.2, -0.15) is 0 Å². The molecule has 1 N–H and O–H groups in total. The first-order valence-electron chi connectivity index (χ1n) is 12.4. The summed E-state index contributed by atoms with van der Waals surface area (Å²) in [7, 11) is -3.76. The molecule has 1 saturated carbocycles. The van der Waals surface area contributed by atoms with Gasteiger partial charge in [0.1, 0.15) is 12.6 Å². The van der Waals surface area contributed by atoms with Crippen molar-refractivity contribution in [2.75, 3.05) is 17.1 Å². The van der Waals surface area contributed by atoms with E-state index in [0.717, 1.165) is 57.4 Å². The number of carbonyl (C=O) groups is 2. The van der Waals surface area contributed by atoms with Crippen molar-refractivity contribution in [1.82, 2.24) is 10.2 Å². The largest absolute Gasteiger partial charge is 0.352 e. The van der Waals surface area contributed by atoms with Crippen molar-refractivity contribution in [3.05, 3.63) is 63.6 Å². The predicted molar refractivity (Wildman–Crippen MR) is 147 cm³/mol. The number of rotatable bonds is 9. The van der Waals surface area contributed by atoms with E-state index in [2.05, 4.69) is 21.2 Å². The fourth-order valence-electron chi connectivity index (χ4n) is 4.71. The number of para-hydroxylation sites is 1. The number of hydrogen-bond acceptors (Lipinski definition) is 4. The lowest BCUT2D eigenvalue weighted by Crippen LogP contribution is -2.53. The molecule has 0 saturated heterocycles. The van der Waals surface area contributed by atoms with E-state index in [1.807, 2.05) is 56.3 Å². The van der Waals surface area contributed by atoms with Crippen molar-refractivity contribution >= 4 is 43.5 Å². The van der Waals surface area contributed by atoms with E-state index in [0.29, 0.717) is 5.69 Å². The van der Waals surface area contributed by atoms with Gasteiger partial charge in [-0.3, -0.25) is 13.9 Å². The Morgan fingerprint density at radius 1 is 1.03 bits per heavy atom. The van der Waals surface area contributed by atoms with Gasteiger partial charge in [-0.05, 0) is 62.4 Å². The van der Waals surface area contributed by atoms with E-state index in [1.165, 1.54) is 11.3 Å². The first kappa shape index (κ1) is 28.2. The molecular formula is C27H36BrN3O4S. The van der Waals surface area contributed by atoms with E-state index in [9.17, 15) is 18.0 Å². The van der Waals surface area contributed by atoms with Gasteiger partial charge in [-0.15, -0.1) is 0 Å². The van der Waals surface area contributed by atoms with E-state index in [1.54, 1.807) is 6.92 Å². The van der Waals surface area contributed by atoms with E-state index >= 15 is 0 Å². The minimum atomic E-state index is -3.76. The second-order valence-corrected chi connectivity index (χ2v) is 12.5. The van der Waals surface area contributed by atoms with Gasteiger partial charge in [-0.1, -0.05) is 65.5 Å². The lowest BCUT2D eigenvalue weighted by atomic mass is 9.95. The third kappa shape index (κ3) is 7.32. The molecule has 196 valence electrons. The van der Waals surface area contributed by atoms with Gasteiger partial charge in [0.05, 0.1) is 11.9 Å². The van der Waals surface area contributed by atoms with Gasteiger partial charge in [0.15, 0.2) is 0 Å². The minimum absolute atomic E-state index is 0.112. The van der Waals surface area contributed by atoms with Crippen LogP contribution in [-0.2, 0) is 26.2 Å². The Bertz CT molecular complexity index is 1160. The van der Waals surface area contributed by atoms with Crippen LogP contribution in [0.25, 0.3) is 0 Å². The van der Waals surface area contributed by atoms with Gasteiger partial charge in [0.25, 0.3) is 0 Å². The Labute approximate surface area is 223 Å². The molecule has 9 heteroatoms. The van der Waals surface area contributed by atoms with Crippen LogP contribution in [0.3, 0.4) is 0 Å². The lowest BCUT2D eigenvalue weighted by Gasteiger charge is -2.33. The molecule has 7 nitrogen and oxygen atoms in total. The number of carbonyl (C=O) groups excluding carboxylic acids is 2. The Kier molecular flexibility index (Phi) is 9.58. The Hall–Kier alpha value is -2.39. The fourth-order valence-corrected chi connectivity index (χ4v) is 5.94. The average molecular weight is 579 g/mol. The monoisotopic (exact) mass is 577 g/mol. The molecule has 36 heavy (non-hydrogen) atoms. The van der Waals surface area contributed by atoms with Gasteiger partial charge in [0, 0.05) is 17.1 Å². The summed E-state index contributed by atoms with van der Waals surface area (Å²) in [6, 6.07) is 12.4. The van der Waals surface area contributed by atoms with Crippen molar-refractivity contribution in [2.24, 2.45) is 0 Å². The molecule has 0 bridgehead atoms. The first-order chi connectivity index (χ1) is 17.0. The summed E-state index contributed by atoms with van der Waals surface area (Å²) in [4.78, 5) is 28.4. The molecule has 2 amide bonds. The molecule has 1 fully saturated rings. The second-order valence-electron chi connectivity index (χ2n) is 9.68. The number of nitrogens with one attached hydrogen (secondary N) is 1. The van der Waals surface area contributed by atoms with Crippen LogP contribution in [0, 0.1) is 13.8 Å². The number of benzene rings is 2. The molecule has 1 aliphatic rings. The molecular weight excluding hydrogens is 542 g/mol. The highest BCUT2D eigenvalue weighted by Gasteiger charge is 2.32. The highest BCUT2D eigenvalue weighted by atomic mass is 79.9. The van der Waals surface area contributed by atoms with Gasteiger partial charge in [-0.25, -0.2) is 8.42 Å². The average Bonchev–Trinajstić information content (AvgIpc) is 2.82. The smallest absolute Gasteiger partial charge is 0.244 e. The molecule has 2 aromatic rings. The molecule has 2 aromatic carbocycles. The van der Waals surface area contributed by atoms with Crippen LogP contribution < -0.4 is 9.62 Å². The zero-order valence-corrected chi connectivity index (χ0v) is 23.9. The maximum atomic E-state index is 13.7. The summed E-state index contributed by atoms with van der Waals surface area (Å²) in [5.41, 5.74) is 2.87. The first-order valence-corrected chi connectivity index (χ1v) is 15.0. The van der Waals surface area contributed by atoms with Crippen molar-refractivity contribution < 1.29 is 18.0 Å². The van der Waals surface area contributed by atoms with Crippen molar-refractivity contribution in [1.29, 1.82) is 0 Å². The van der Waals surface area contributed by atoms with Crippen LogP contribution in [0.5, 0.6) is 0 Å². The van der Waals surface area contributed by atoms with E-state index < -0.39 is 22.0 Å². The third-order valence-electron chi connectivity index (χ3n) is 6.75. The normalized spacial score (nSPS) is 15.2. The van der Waals surface area contributed by atoms with Crippen molar-refractivity contribution in [3.63, 3.8) is 0 Å². The lowest BCUT2D eigenvalue weighted by molar-refractivity contribution is -0.139. The third-order valence-corrected chi connectivity index (χ3v) is 8.39. The van der Waals surface area contributed by atoms with Crippen molar-refractivity contribution in [3.8, 4) is 0 Å². The van der Waals surface area contributed by atoms with E-state index in [-0.39, 0.29) is 25.0 Å². The maximum Gasteiger partial charge on any atom is 0.244 e. The molecule has 1 aliphatic carbocycles. The van der Waals surface area contributed by atoms with Crippen LogP contribution >= 0.6 is 15.9 Å². The standard InChI is InChI=1S/C27H36BrN3O4S/c1-19-9-8-10-20(2)26(19)31(36(4,34)35)18-25(32)30(17-22-13-15-23(28)16-14-22)21(3)27(33)29-24-11-6-5-7-12-24/h8-10,13-16,21,24H,5-7,11-12,17-18H2,1-4H3,(H,29,33)/t21-/m1/s1. The molecule has 0 aliphatic heterocycles. The van der Waals surface area contributed by atoms with Crippen LogP contribution in [-0.4, -0.2) is 50.0 Å². The second kappa shape index (κ2) is 12.2. The zero-order chi connectivity index (χ0) is 26.5. The van der Waals surface area contributed by atoms with Crippen LogP contribution in [0.2, 0.25) is 0 Å². The molecule has 0 spiro atoms. The van der Waals surface area contributed by atoms with Gasteiger partial charge in [0.2, 0.25) is 21.8 Å². The molecule has 0 unspecified atom stereocenters. The zero-order valence-electron chi connectivity index (χ0n) is 21.5. The van der Waals surface area contributed by atoms with Crippen LogP contribution in [0.4, 0.5) is 5.69 Å². The Balaban J connectivity index is 1.90. The number of hydrogen-bond donors (Lipinski definition) is 1. The topological polar surface area (TPSA) is 86.8 Å². The Morgan fingerprint density at radius 3 is 2.17 bits per heavy atom. The summed E-state index contributed by atoms with van der Waals surface area (Å²) < 4.78 is 27.7. The number of sulfonamides is 1. The maximum absolute atomic E-state index is 13.7. The summed E-state index contributed by atoms with van der Waals surface area (Å²) >= 11 is 3.42. The number of amides is 2. The quantitative estimate of drug-likeness (QED) is 0.468. The molecule has 0 radical (unpaired) electrons. The molecule has 1 atom stereocenters. The summed E-state index contributed by atoms with van der Waals surface area (Å²) in [5.74, 6) is -0.650. The number of nitrogens with zero attached hydrogens (tertiary/aromatic N) is 2. The minimum Gasteiger partial charge on any atom is -0.352 e. The summed E-state index contributed by atoms with van der Waals surface area (Å²) in [5, 5.41) is 3.11. The molecule has 0 aromatic heterocycles.